The Kier molecular flexibility index (Phi) is 7.86. The van der Waals surface area contributed by atoms with Gasteiger partial charge in [0.15, 0.2) is 0 Å². The van der Waals surface area contributed by atoms with E-state index in [0.29, 0.717) is 0 Å². The third-order valence-corrected chi connectivity index (χ3v) is 6.83. The lowest BCUT2D eigenvalue weighted by atomic mass is 10.2. The number of benzene rings is 2. The fraction of sp³-hybridized carbons (Fsp3) is 0.364. The Balaban J connectivity index is 1.35. The number of amides is 2. The van der Waals surface area contributed by atoms with Crippen LogP contribution in [0, 0.1) is 6.92 Å². The van der Waals surface area contributed by atoms with Crippen molar-refractivity contribution in [1.82, 2.24) is 0 Å². The van der Waals surface area contributed by atoms with Gasteiger partial charge in [0, 0.05) is 21.5 Å². The molecule has 4 nitrogen and oxygen atoms in total. The number of hydrogen-bond acceptors (Lipinski definition) is 4. The lowest BCUT2D eigenvalue weighted by Gasteiger charge is -2.10. The van der Waals surface area contributed by atoms with Crippen LogP contribution < -0.4 is 10.6 Å². The summed E-state index contributed by atoms with van der Waals surface area (Å²) in [6.45, 7) is 2.00. The lowest BCUT2D eigenvalue weighted by Crippen LogP contribution is -2.18. The van der Waals surface area contributed by atoms with Gasteiger partial charge in [-0.1, -0.05) is 30.5 Å². The van der Waals surface area contributed by atoms with Crippen molar-refractivity contribution >= 4 is 46.7 Å². The molecule has 2 aromatic carbocycles. The zero-order chi connectivity index (χ0) is 19.8. The fourth-order valence-electron chi connectivity index (χ4n) is 3.08. The SMILES string of the molecule is Cc1ccc(NC(=O)CSCC(=O)Nc2ccc(SC3CCCC3)cc2)cc1. The van der Waals surface area contributed by atoms with Crippen LogP contribution in [0.4, 0.5) is 11.4 Å². The Labute approximate surface area is 175 Å². The van der Waals surface area contributed by atoms with Crippen LogP contribution in [-0.2, 0) is 9.59 Å². The molecule has 1 fully saturated rings. The first-order chi connectivity index (χ1) is 13.6. The number of rotatable bonds is 8. The van der Waals surface area contributed by atoms with Gasteiger partial charge in [-0.3, -0.25) is 9.59 Å². The van der Waals surface area contributed by atoms with E-state index in [1.807, 2.05) is 55.1 Å². The highest BCUT2D eigenvalue weighted by Crippen LogP contribution is 2.34. The van der Waals surface area contributed by atoms with Gasteiger partial charge in [-0.05, 0) is 56.2 Å². The molecule has 0 aliphatic heterocycles. The number of thioether (sulfide) groups is 2. The second-order valence-electron chi connectivity index (χ2n) is 7.00. The number of carbonyl (C=O) groups excluding carboxylic acids is 2. The quantitative estimate of drug-likeness (QED) is 0.612. The van der Waals surface area contributed by atoms with Gasteiger partial charge in [0.25, 0.3) is 0 Å². The van der Waals surface area contributed by atoms with Crippen molar-refractivity contribution in [1.29, 1.82) is 0 Å². The Morgan fingerprint density at radius 3 is 1.89 bits per heavy atom. The van der Waals surface area contributed by atoms with Crippen LogP contribution in [0.15, 0.2) is 53.4 Å². The molecular weight excluding hydrogens is 388 g/mol. The molecule has 3 rings (SSSR count). The molecule has 0 heterocycles. The molecule has 0 radical (unpaired) electrons. The summed E-state index contributed by atoms with van der Waals surface area (Å²) in [5.74, 6) is 0.303. The monoisotopic (exact) mass is 414 g/mol. The van der Waals surface area contributed by atoms with Gasteiger partial charge in [0.2, 0.25) is 11.8 Å². The van der Waals surface area contributed by atoms with Gasteiger partial charge in [-0.25, -0.2) is 0 Å². The number of hydrogen-bond donors (Lipinski definition) is 2. The summed E-state index contributed by atoms with van der Waals surface area (Å²) in [7, 11) is 0. The van der Waals surface area contributed by atoms with Gasteiger partial charge in [-0.15, -0.1) is 23.5 Å². The first-order valence-corrected chi connectivity index (χ1v) is 11.6. The van der Waals surface area contributed by atoms with Crippen molar-refractivity contribution in [3.05, 3.63) is 54.1 Å². The molecule has 0 atom stereocenters. The lowest BCUT2D eigenvalue weighted by molar-refractivity contribution is -0.114. The van der Waals surface area contributed by atoms with Gasteiger partial charge in [0.05, 0.1) is 11.5 Å². The maximum Gasteiger partial charge on any atom is 0.234 e. The van der Waals surface area contributed by atoms with E-state index >= 15 is 0 Å². The summed E-state index contributed by atoms with van der Waals surface area (Å²) in [4.78, 5) is 25.3. The Hall–Kier alpha value is -1.92. The summed E-state index contributed by atoms with van der Waals surface area (Å²) in [6, 6.07) is 15.7. The van der Waals surface area contributed by atoms with Crippen LogP contribution in [0.1, 0.15) is 31.2 Å². The highest BCUT2D eigenvalue weighted by Gasteiger charge is 2.16. The van der Waals surface area contributed by atoms with Crippen molar-refractivity contribution < 1.29 is 9.59 Å². The maximum atomic E-state index is 12.1. The zero-order valence-corrected chi connectivity index (χ0v) is 17.7. The molecule has 1 aliphatic carbocycles. The Morgan fingerprint density at radius 2 is 1.36 bits per heavy atom. The molecule has 148 valence electrons. The number of aryl methyl sites for hydroxylation is 1. The first-order valence-electron chi connectivity index (χ1n) is 9.59. The second kappa shape index (κ2) is 10.6. The summed E-state index contributed by atoms with van der Waals surface area (Å²) in [5, 5.41) is 6.46. The van der Waals surface area contributed by atoms with Crippen LogP contribution in [0.2, 0.25) is 0 Å². The van der Waals surface area contributed by atoms with Gasteiger partial charge >= 0.3 is 0 Å². The third kappa shape index (κ3) is 6.91. The Bertz CT molecular complexity index is 785. The summed E-state index contributed by atoms with van der Waals surface area (Å²) < 4.78 is 0. The van der Waals surface area contributed by atoms with Crippen molar-refractivity contribution in [2.75, 3.05) is 22.1 Å². The number of carbonyl (C=O) groups is 2. The highest BCUT2D eigenvalue weighted by atomic mass is 32.2. The molecule has 0 unspecified atom stereocenters. The van der Waals surface area contributed by atoms with Crippen LogP contribution >= 0.6 is 23.5 Å². The summed E-state index contributed by atoms with van der Waals surface area (Å²) in [5.41, 5.74) is 2.72. The molecule has 2 N–H and O–H groups in total. The Morgan fingerprint density at radius 1 is 0.857 bits per heavy atom. The molecule has 28 heavy (non-hydrogen) atoms. The highest BCUT2D eigenvalue weighted by molar-refractivity contribution is 8.00. The van der Waals surface area contributed by atoms with E-state index in [4.69, 9.17) is 0 Å². The topological polar surface area (TPSA) is 58.2 Å². The van der Waals surface area contributed by atoms with E-state index in [9.17, 15) is 9.59 Å². The molecule has 0 aromatic heterocycles. The normalized spacial score (nSPS) is 14.0. The molecule has 1 saturated carbocycles. The molecule has 0 saturated heterocycles. The molecule has 2 aromatic rings. The second-order valence-corrected chi connectivity index (χ2v) is 9.36. The zero-order valence-electron chi connectivity index (χ0n) is 16.1. The largest absolute Gasteiger partial charge is 0.325 e. The van der Waals surface area contributed by atoms with E-state index < -0.39 is 0 Å². The predicted molar refractivity (Wildman–Crippen MR) is 120 cm³/mol. The summed E-state index contributed by atoms with van der Waals surface area (Å²) in [6.07, 6.45) is 5.29. The number of anilines is 2. The van der Waals surface area contributed by atoms with Crippen LogP contribution in [0.25, 0.3) is 0 Å². The minimum absolute atomic E-state index is 0.0932. The van der Waals surface area contributed by atoms with Crippen LogP contribution in [-0.4, -0.2) is 28.6 Å². The average Bonchev–Trinajstić information content (AvgIpc) is 3.18. The van der Waals surface area contributed by atoms with Crippen molar-refractivity contribution in [2.45, 2.75) is 42.8 Å². The maximum absolute atomic E-state index is 12.1. The standard InChI is InChI=1S/C22H26N2O2S2/c1-16-6-8-17(9-7-16)23-21(25)14-27-15-22(26)24-18-10-12-20(13-11-18)28-19-4-2-3-5-19/h6-13,19H,2-5,14-15H2,1H3,(H,23,25)(H,24,26). The number of nitrogens with one attached hydrogen (secondary N) is 2. The van der Waals surface area contributed by atoms with E-state index in [1.165, 1.54) is 42.3 Å². The fourth-order valence-corrected chi connectivity index (χ4v) is 4.95. The summed E-state index contributed by atoms with van der Waals surface area (Å²) >= 11 is 3.24. The molecule has 0 spiro atoms. The van der Waals surface area contributed by atoms with Crippen molar-refractivity contribution in [3.63, 3.8) is 0 Å². The van der Waals surface area contributed by atoms with E-state index in [0.717, 1.165) is 22.2 Å². The van der Waals surface area contributed by atoms with E-state index in [-0.39, 0.29) is 23.3 Å². The van der Waals surface area contributed by atoms with Crippen LogP contribution in [0.5, 0.6) is 0 Å². The van der Waals surface area contributed by atoms with Crippen LogP contribution in [0.3, 0.4) is 0 Å². The third-order valence-electron chi connectivity index (χ3n) is 4.54. The smallest absolute Gasteiger partial charge is 0.234 e. The van der Waals surface area contributed by atoms with Gasteiger partial charge in [0.1, 0.15) is 0 Å². The minimum atomic E-state index is -0.102. The van der Waals surface area contributed by atoms with E-state index in [1.54, 1.807) is 0 Å². The van der Waals surface area contributed by atoms with E-state index in [2.05, 4.69) is 22.8 Å². The first kappa shape index (κ1) is 20.8. The molecule has 0 bridgehead atoms. The molecular formula is C22H26N2O2S2. The van der Waals surface area contributed by atoms with Crippen molar-refractivity contribution in [3.8, 4) is 0 Å². The van der Waals surface area contributed by atoms with Gasteiger partial charge < -0.3 is 10.6 Å². The molecule has 1 aliphatic rings. The predicted octanol–water partition coefficient (Wildman–Crippen LogP) is 5.34. The van der Waals surface area contributed by atoms with Crippen molar-refractivity contribution in [2.24, 2.45) is 0 Å². The van der Waals surface area contributed by atoms with Gasteiger partial charge in [-0.2, -0.15) is 0 Å². The average molecular weight is 415 g/mol. The molecule has 2 amide bonds. The molecule has 6 heteroatoms. The minimum Gasteiger partial charge on any atom is -0.325 e.